The third-order valence-electron chi connectivity index (χ3n) is 2.27. The maximum Gasteiger partial charge on any atom is 0.259 e. The Morgan fingerprint density at radius 1 is 1.47 bits per heavy atom. The van der Waals surface area contributed by atoms with Crippen LogP contribution in [0.1, 0.15) is 20.9 Å². The molecular formula is C11H10ClN3OS. The molecule has 4 nitrogen and oxygen atoms in total. The molecule has 88 valence electrons. The van der Waals surface area contributed by atoms with Gasteiger partial charge >= 0.3 is 0 Å². The van der Waals surface area contributed by atoms with Gasteiger partial charge in [-0.1, -0.05) is 11.6 Å². The molecule has 17 heavy (non-hydrogen) atoms. The predicted molar refractivity (Wildman–Crippen MR) is 68.8 cm³/mol. The first-order chi connectivity index (χ1) is 8.08. The molecule has 2 aromatic rings. The fourth-order valence-corrected chi connectivity index (χ4v) is 2.26. The van der Waals surface area contributed by atoms with Gasteiger partial charge in [-0.25, -0.2) is 4.98 Å². The molecule has 0 aliphatic heterocycles. The first-order valence-electron chi connectivity index (χ1n) is 4.93. The van der Waals surface area contributed by atoms with E-state index in [2.05, 4.69) is 15.3 Å². The number of hydrogen-bond donors (Lipinski definition) is 1. The number of amides is 1. The van der Waals surface area contributed by atoms with Crippen LogP contribution in [-0.4, -0.2) is 15.9 Å². The molecule has 0 aliphatic rings. The number of thiazole rings is 1. The number of aromatic nitrogens is 2. The zero-order chi connectivity index (χ0) is 12.4. The van der Waals surface area contributed by atoms with Crippen LogP contribution in [0.25, 0.3) is 0 Å². The second-order valence-electron chi connectivity index (χ2n) is 3.47. The summed E-state index contributed by atoms with van der Waals surface area (Å²) in [6, 6.07) is 1.57. The second-order valence-corrected chi connectivity index (χ2v) is 5.08. The summed E-state index contributed by atoms with van der Waals surface area (Å²) in [6.45, 7) is 3.86. The highest BCUT2D eigenvalue weighted by atomic mass is 35.5. The van der Waals surface area contributed by atoms with Crippen LogP contribution in [-0.2, 0) is 0 Å². The SMILES string of the molecule is Cc1nc(NC(=O)c2ccncc2Cl)sc1C. The molecule has 0 aromatic carbocycles. The molecule has 0 saturated carbocycles. The monoisotopic (exact) mass is 267 g/mol. The van der Waals surface area contributed by atoms with Gasteiger partial charge in [0, 0.05) is 17.3 Å². The van der Waals surface area contributed by atoms with E-state index < -0.39 is 0 Å². The maximum absolute atomic E-state index is 11.9. The average Bonchev–Trinajstić information content (AvgIpc) is 2.58. The smallest absolute Gasteiger partial charge is 0.259 e. The lowest BCUT2D eigenvalue weighted by molar-refractivity contribution is 0.102. The summed E-state index contributed by atoms with van der Waals surface area (Å²) in [4.78, 5) is 21.0. The van der Waals surface area contributed by atoms with Crippen LogP contribution in [0.4, 0.5) is 5.13 Å². The van der Waals surface area contributed by atoms with Crippen molar-refractivity contribution in [2.24, 2.45) is 0 Å². The standard InChI is InChI=1S/C11H10ClN3OS/c1-6-7(2)17-11(14-6)15-10(16)8-3-4-13-5-9(8)12/h3-5H,1-2H3,(H,14,15,16). The van der Waals surface area contributed by atoms with Gasteiger partial charge in [-0.15, -0.1) is 11.3 Å². The lowest BCUT2D eigenvalue weighted by Crippen LogP contribution is -2.12. The van der Waals surface area contributed by atoms with Gasteiger partial charge in [0.15, 0.2) is 5.13 Å². The summed E-state index contributed by atoms with van der Waals surface area (Å²) in [7, 11) is 0. The van der Waals surface area contributed by atoms with Crippen LogP contribution in [0, 0.1) is 13.8 Å². The van der Waals surface area contributed by atoms with E-state index in [1.54, 1.807) is 6.07 Å². The Balaban J connectivity index is 2.20. The highest BCUT2D eigenvalue weighted by Gasteiger charge is 2.12. The summed E-state index contributed by atoms with van der Waals surface area (Å²) in [5.74, 6) is -0.272. The van der Waals surface area contributed by atoms with Gasteiger partial charge in [0.2, 0.25) is 0 Å². The average molecular weight is 268 g/mol. The van der Waals surface area contributed by atoms with E-state index in [0.29, 0.717) is 15.7 Å². The van der Waals surface area contributed by atoms with Gasteiger partial charge in [-0.05, 0) is 19.9 Å². The number of pyridine rings is 1. The summed E-state index contributed by atoms with van der Waals surface area (Å²) >= 11 is 7.32. The zero-order valence-corrected chi connectivity index (χ0v) is 10.9. The summed E-state index contributed by atoms with van der Waals surface area (Å²) < 4.78 is 0. The molecule has 0 unspecified atom stereocenters. The molecule has 6 heteroatoms. The number of halogens is 1. The topological polar surface area (TPSA) is 54.9 Å². The molecule has 0 bridgehead atoms. The molecular weight excluding hydrogens is 258 g/mol. The van der Waals surface area contributed by atoms with Gasteiger partial charge in [0.1, 0.15) is 0 Å². The summed E-state index contributed by atoms with van der Waals surface area (Å²) in [6.07, 6.45) is 2.97. The van der Waals surface area contributed by atoms with Crippen molar-refractivity contribution in [1.29, 1.82) is 0 Å². The molecule has 2 heterocycles. The minimum atomic E-state index is -0.272. The highest BCUT2D eigenvalue weighted by Crippen LogP contribution is 2.22. The zero-order valence-electron chi connectivity index (χ0n) is 9.32. The van der Waals surface area contributed by atoms with Gasteiger partial charge in [0.25, 0.3) is 5.91 Å². The van der Waals surface area contributed by atoms with Crippen molar-refractivity contribution < 1.29 is 4.79 Å². The second kappa shape index (κ2) is 4.81. The molecule has 0 atom stereocenters. The normalized spacial score (nSPS) is 10.3. The molecule has 2 aromatic heterocycles. The summed E-state index contributed by atoms with van der Waals surface area (Å²) in [5.41, 5.74) is 1.32. The number of aryl methyl sites for hydroxylation is 2. The van der Waals surface area contributed by atoms with E-state index in [4.69, 9.17) is 11.6 Å². The number of nitrogens with zero attached hydrogens (tertiary/aromatic N) is 2. The molecule has 1 amide bonds. The lowest BCUT2D eigenvalue weighted by Gasteiger charge is -2.02. The van der Waals surface area contributed by atoms with Crippen molar-refractivity contribution in [3.63, 3.8) is 0 Å². The number of anilines is 1. The van der Waals surface area contributed by atoms with E-state index in [-0.39, 0.29) is 5.91 Å². The number of hydrogen-bond acceptors (Lipinski definition) is 4. The van der Waals surface area contributed by atoms with Crippen LogP contribution in [0.5, 0.6) is 0 Å². The fraction of sp³-hybridized carbons (Fsp3) is 0.182. The van der Waals surface area contributed by atoms with Crippen molar-refractivity contribution in [3.05, 3.63) is 39.6 Å². The first kappa shape index (κ1) is 12.0. The lowest BCUT2D eigenvalue weighted by atomic mass is 10.2. The molecule has 0 spiro atoms. The molecule has 1 N–H and O–H groups in total. The number of rotatable bonds is 2. The quantitative estimate of drug-likeness (QED) is 0.910. The molecule has 0 saturated heterocycles. The van der Waals surface area contributed by atoms with Crippen molar-refractivity contribution in [3.8, 4) is 0 Å². The Hall–Kier alpha value is -1.46. The third-order valence-corrected chi connectivity index (χ3v) is 3.56. The third kappa shape index (κ3) is 2.62. The van der Waals surface area contributed by atoms with Crippen molar-refractivity contribution in [2.45, 2.75) is 13.8 Å². The van der Waals surface area contributed by atoms with Gasteiger partial charge in [-0.3, -0.25) is 15.1 Å². The van der Waals surface area contributed by atoms with Gasteiger partial charge < -0.3 is 0 Å². The predicted octanol–water partition coefficient (Wildman–Crippen LogP) is 3.06. The fourth-order valence-electron chi connectivity index (χ4n) is 1.25. The van der Waals surface area contributed by atoms with Crippen molar-refractivity contribution in [2.75, 3.05) is 5.32 Å². The van der Waals surface area contributed by atoms with E-state index >= 15 is 0 Å². The Labute approximate surface area is 108 Å². The van der Waals surface area contributed by atoms with Gasteiger partial charge in [0.05, 0.1) is 16.3 Å². The molecule has 0 radical (unpaired) electrons. The summed E-state index contributed by atoms with van der Waals surface area (Å²) in [5, 5.41) is 3.63. The van der Waals surface area contributed by atoms with E-state index in [1.807, 2.05) is 13.8 Å². The van der Waals surface area contributed by atoms with Crippen LogP contribution < -0.4 is 5.32 Å². The Kier molecular flexibility index (Phi) is 3.40. The number of carbonyl (C=O) groups excluding carboxylic acids is 1. The Bertz CT molecular complexity index is 548. The molecule has 0 aliphatic carbocycles. The number of nitrogens with one attached hydrogen (secondary N) is 1. The van der Waals surface area contributed by atoms with Crippen LogP contribution >= 0.6 is 22.9 Å². The minimum Gasteiger partial charge on any atom is -0.298 e. The largest absolute Gasteiger partial charge is 0.298 e. The van der Waals surface area contributed by atoms with Gasteiger partial charge in [-0.2, -0.15) is 0 Å². The molecule has 2 rings (SSSR count). The van der Waals surface area contributed by atoms with Crippen LogP contribution in [0.15, 0.2) is 18.5 Å². The number of carbonyl (C=O) groups is 1. The molecule has 0 fully saturated rings. The van der Waals surface area contributed by atoms with E-state index in [0.717, 1.165) is 10.6 Å². The Morgan fingerprint density at radius 2 is 2.24 bits per heavy atom. The van der Waals surface area contributed by atoms with Crippen molar-refractivity contribution >= 4 is 34.0 Å². The van der Waals surface area contributed by atoms with Crippen molar-refractivity contribution in [1.82, 2.24) is 9.97 Å². The van der Waals surface area contributed by atoms with E-state index in [9.17, 15) is 4.79 Å². The Morgan fingerprint density at radius 3 is 2.82 bits per heavy atom. The minimum absolute atomic E-state index is 0.272. The highest BCUT2D eigenvalue weighted by molar-refractivity contribution is 7.15. The van der Waals surface area contributed by atoms with Crippen LogP contribution in [0.2, 0.25) is 5.02 Å². The van der Waals surface area contributed by atoms with Crippen LogP contribution in [0.3, 0.4) is 0 Å². The van der Waals surface area contributed by atoms with E-state index in [1.165, 1.54) is 23.7 Å². The first-order valence-corrected chi connectivity index (χ1v) is 6.12. The maximum atomic E-state index is 11.9.